The minimum atomic E-state index is -0.416. The fraction of sp³-hybridized carbons (Fsp3) is 0.385. The van der Waals surface area contributed by atoms with Crippen molar-refractivity contribution < 1.29 is 9.66 Å². The summed E-state index contributed by atoms with van der Waals surface area (Å²) in [5, 5.41) is 14.8. The molecule has 0 radical (unpaired) electrons. The molecule has 2 heterocycles. The molecular weight excluding hydrogens is 260 g/mol. The van der Waals surface area contributed by atoms with Gasteiger partial charge < -0.3 is 10.1 Å². The molecule has 1 saturated heterocycles. The Morgan fingerprint density at radius 1 is 1.45 bits per heavy atom. The van der Waals surface area contributed by atoms with E-state index in [1.807, 2.05) is 0 Å². The van der Waals surface area contributed by atoms with Crippen LogP contribution in [0.4, 0.5) is 11.5 Å². The standard InChI is InChI=1S/C13H14N4O3/c18-17(19)10-1-2-12-11(5-10)13(16-8-15-12)14-6-9-3-4-20-7-9/h1-2,5,8-9H,3-4,6-7H2,(H,14,15,16). The van der Waals surface area contributed by atoms with Crippen LogP contribution in [0.3, 0.4) is 0 Å². The van der Waals surface area contributed by atoms with Crippen LogP contribution < -0.4 is 5.32 Å². The van der Waals surface area contributed by atoms with Gasteiger partial charge in [0, 0.05) is 36.6 Å². The van der Waals surface area contributed by atoms with Crippen molar-refractivity contribution in [3.8, 4) is 0 Å². The fourth-order valence-corrected chi connectivity index (χ4v) is 2.28. The van der Waals surface area contributed by atoms with E-state index in [2.05, 4.69) is 15.3 Å². The lowest BCUT2D eigenvalue weighted by Gasteiger charge is -2.11. The van der Waals surface area contributed by atoms with Gasteiger partial charge in [-0.05, 0) is 12.5 Å². The van der Waals surface area contributed by atoms with Gasteiger partial charge in [-0.15, -0.1) is 0 Å². The summed E-state index contributed by atoms with van der Waals surface area (Å²) in [6.07, 6.45) is 2.48. The van der Waals surface area contributed by atoms with E-state index in [4.69, 9.17) is 4.74 Å². The Kier molecular flexibility index (Phi) is 3.42. The first-order valence-electron chi connectivity index (χ1n) is 6.45. The first-order valence-corrected chi connectivity index (χ1v) is 6.45. The van der Waals surface area contributed by atoms with Crippen LogP contribution in [-0.2, 0) is 4.74 Å². The van der Waals surface area contributed by atoms with Crippen LogP contribution in [0.5, 0.6) is 0 Å². The fourth-order valence-electron chi connectivity index (χ4n) is 2.28. The Bertz CT molecular complexity index is 641. The van der Waals surface area contributed by atoms with Crippen LogP contribution in [0.15, 0.2) is 24.5 Å². The van der Waals surface area contributed by atoms with E-state index in [-0.39, 0.29) is 5.69 Å². The molecular formula is C13H14N4O3. The molecule has 1 unspecified atom stereocenters. The molecule has 0 aliphatic carbocycles. The van der Waals surface area contributed by atoms with E-state index >= 15 is 0 Å². The molecule has 1 aromatic carbocycles. The van der Waals surface area contributed by atoms with Crippen LogP contribution >= 0.6 is 0 Å². The number of fused-ring (bicyclic) bond motifs is 1. The first kappa shape index (κ1) is 12.7. The highest BCUT2D eigenvalue weighted by Crippen LogP contribution is 2.24. The summed E-state index contributed by atoms with van der Waals surface area (Å²) in [6.45, 7) is 2.29. The van der Waals surface area contributed by atoms with Gasteiger partial charge in [-0.2, -0.15) is 0 Å². The van der Waals surface area contributed by atoms with Gasteiger partial charge in [-0.3, -0.25) is 10.1 Å². The van der Waals surface area contributed by atoms with Crippen molar-refractivity contribution in [2.24, 2.45) is 5.92 Å². The minimum absolute atomic E-state index is 0.0412. The van der Waals surface area contributed by atoms with Gasteiger partial charge in [-0.25, -0.2) is 9.97 Å². The van der Waals surface area contributed by atoms with Crippen molar-refractivity contribution in [1.29, 1.82) is 0 Å². The van der Waals surface area contributed by atoms with Crippen LogP contribution in [0.1, 0.15) is 6.42 Å². The van der Waals surface area contributed by atoms with Crippen LogP contribution in [0, 0.1) is 16.0 Å². The van der Waals surface area contributed by atoms with Crippen molar-refractivity contribution in [2.45, 2.75) is 6.42 Å². The maximum Gasteiger partial charge on any atom is 0.270 e. The second-order valence-corrected chi connectivity index (χ2v) is 4.79. The summed E-state index contributed by atoms with van der Waals surface area (Å²) in [5.74, 6) is 1.09. The number of nitro benzene ring substituents is 1. The Balaban J connectivity index is 1.88. The summed E-state index contributed by atoms with van der Waals surface area (Å²) in [5.41, 5.74) is 0.732. The summed E-state index contributed by atoms with van der Waals surface area (Å²) in [6, 6.07) is 4.59. The molecule has 7 heteroatoms. The average molecular weight is 274 g/mol. The van der Waals surface area contributed by atoms with Crippen LogP contribution in [0.2, 0.25) is 0 Å². The van der Waals surface area contributed by atoms with Gasteiger partial charge in [0.2, 0.25) is 0 Å². The summed E-state index contributed by atoms with van der Waals surface area (Å²) < 4.78 is 5.32. The Morgan fingerprint density at radius 3 is 3.10 bits per heavy atom. The number of hydrogen-bond donors (Lipinski definition) is 1. The lowest BCUT2D eigenvalue weighted by atomic mass is 10.1. The van der Waals surface area contributed by atoms with E-state index in [0.717, 1.165) is 26.2 Å². The number of nitrogens with zero attached hydrogens (tertiary/aromatic N) is 3. The summed E-state index contributed by atoms with van der Waals surface area (Å²) in [4.78, 5) is 18.7. The number of anilines is 1. The third kappa shape index (κ3) is 2.53. The van der Waals surface area contributed by atoms with Crippen molar-refractivity contribution in [3.63, 3.8) is 0 Å². The number of nitrogens with one attached hydrogen (secondary N) is 1. The van der Waals surface area contributed by atoms with E-state index in [1.54, 1.807) is 6.07 Å². The second-order valence-electron chi connectivity index (χ2n) is 4.79. The van der Waals surface area contributed by atoms with Crippen molar-refractivity contribution in [3.05, 3.63) is 34.6 Å². The molecule has 3 rings (SSSR count). The second kappa shape index (κ2) is 5.38. The maximum atomic E-state index is 10.9. The highest BCUT2D eigenvalue weighted by molar-refractivity contribution is 5.90. The number of rotatable bonds is 4. The molecule has 1 N–H and O–H groups in total. The molecule has 1 atom stereocenters. The SMILES string of the molecule is O=[N+]([O-])c1ccc2ncnc(NCC3CCOC3)c2c1. The molecule has 1 aliphatic heterocycles. The van der Waals surface area contributed by atoms with Crippen LogP contribution in [0.25, 0.3) is 10.9 Å². The Labute approximate surface area is 115 Å². The molecule has 1 aliphatic rings. The third-order valence-corrected chi connectivity index (χ3v) is 3.41. The van der Waals surface area contributed by atoms with Gasteiger partial charge in [0.1, 0.15) is 12.1 Å². The van der Waals surface area contributed by atoms with Crippen LogP contribution in [-0.4, -0.2) is 34.6 Å². The number of nitro groups is 1. The number of benzene rings is 1. The van der Waals surface area contributed by atoms with E-state index in [1.165, 1.54) is 18.5 Å². The predicted octanol–water partition coefficient (Wildman–Crippen LogP) is 1.99. The quantitative estimate of drug-likeness (QED) is 0.677. The van der Waals surface area contributed by atoms with Crippen molar-refractivity contribution >= 4 is 22.4 Å². The summed E-state index contributed by atoms with van der Waals surface area (Å²) >= 11 is 0. The molecule has 1 aromatic heterocycles. The third-order valence-electron chi connectivity index (χ3n) is 3.41. The molecule has 104 valence electrons. The number of ether oxygens (including phenoxy) is 1. The van der Waals surface area contributed by atoms with Crippen molar-refractivity contribution in [1.82, 2.24) is 9.97 Å². The molecule has 0 saturated carbocycles. The van der Waals surface area contributed by atoms with Gasteiger partial charge in [0.15, 0.2) is 0 Å². The van der Waals surface area contributed by atoms with E-state index in [0.29, 0.717) is 22.6 Å². The zero-order valence-corrected chi connectivity index (χ0v) is 10.8. The van der Waals surface area contributed by atoms with Crippen molar-refractivity contribution in [2.75, 3.05) is 25.1 Å². The molecule has 20 heavy (non-hydrogen) atoms. The average Bonchev–Trinajstić information content (AvgIpc) is 2.97. The molecule has 0 amide bonds. The van der Waals surface area contributed by atoms with E-state index in [9.17, 15) is 10.1 Å². The Morgan fingerprint density at radius 2 is 2.35 bits per heavy atom. The largest absolute Gasteiger partial charge is 0.381 e. The summed E-state index contributed by atoms with van der Waals surface area (Å²) in [7, 11) is 0. The van der Waals surface area contributed by atoms with Gasteiger partial charge in [0.05, 0.1) is 17.0 Å². The monoisotopic (exact) mass is 274 g/mol. The number of hydrogen-bond acceptors (Lipinski definition) is 6. The normalized spacial score (nSPS) is 18.3. The van der Waals surface area contributed by atoms with Gasteiger partial charge in [-0.1, -0.05) is 0 Å². The maximum absolute atomic E-state index is 10.9. The van der Waals surface area contributed by atoms with Gasteiger partial charge in [0.25, 0.3) is 5.69 Å². The lowest BCUT2D eigenvalue weighted by molar-refractivity contribution is -0.384. The van der Waals surface area contributed by atoms with E-state index < -0.39 is 4.92 Å². The number of non-ortho nitro benzene ring substituents is 1. The Hall–Kier alpha value is -2.28. The predicted molar refractivity (Wildman–Crippen MR) is 73.6 cm³/mol. The highest BCUT2D eigenvalue weighted by atomic mass is 16.6. The number of aromatic nitrogens is 2. The highest BCUT2D eigenvalue weighted by Gasteiger charge is 2.16. The minimum Gasteiger partial charge on any atom is -0.381 e. The molecule has 0 spiro atoms. The van der Waals surface area contributed by atoms with Gasteiger partial charge >= 0.3 is 0 Å². The zero-order valence-electron chi connectivity index (χ0n) is 10.8. The molecule has 0 bridgehead atoms. The molecule has 2 aromatic rings. The lowest BCUT2D eigenvalue weighted by Crippen LogP contribution is -2.15. The zero-order chi connectivity index (χ0) is 13.9. The first-order chi connectivity index (χ1) is 9.74. The topological polar surface area (TPSA) is 90.2 Å². The smallest absolute Gasteiger partial charge is 0.270 e. The molecule has 7 nitrogen and oxygen atoms in total. The molecule has 1 fully saturated rings.